The number of nitrogens with zero attached hydrogens (tertiary/aromatic N) is 2. The molecule has 0 saturated heterocycles. The summed E-state index contributed by atoms with van der Waals surface area (Å²) in [6.07, 6.45) is 18.8. The maximum atomic E-state index is 2.77. The summed E-state index contributed by atoms with van der Waals surface area (Å²) in [6, 6.07) is 24.0. The van der Waals surface area contributed by atoms with E-state index in [0.717, 1.165) is 31.7 Å². The zero-order valence-electron chi connectivity index (χ0n) is 20.7. The molecule has 1 atom stereocenters. The van der Waals surface area contributed by atoms with E-state index in [0.29, 0.717) is 6.04 Å². The summed E-state index contributed by atoms with van der Waals surface area (Å²) in [7, 11) is 0. The molecule has 0 aromatic heterocycles. The molecule has 2 aliphatic rings. The summed E-state index contributed by atoms with van der Waals surface area (Å²) in [5.41, 5.74) is 2.88. The maximum absolute atomic E-state index is 2.77. The van der Waals surface area contributed by atoms with Crippen LogP contribution in [0, 0.1) is 0 Å². The Kier molecular flexibility index (Phi) is 9.62. The fourth-order valence-corrected chi connectivity index (χ4v) is 5.92. The van der Waals surface area contributed by atoms with Crippen LogP contribution in [0.3, 0.4) is 0 Å². The summed E-state index contributed by atoms with van der Waals surface area (Å²) in [6.45, 7) is 5.61. The minimum Gasteiger partial charge on any atom is -0.292 e. The molecule has 2 aromatic rings. The van der Waals surface area contributed by atoms with E-state index in [1.54, 1.807) is 0 Å². The molecule has 4 rings (SSSR count). The van der Waals surface area contributed by atoms with Crippen LogP contribution in [0.5, 0.6) is 0 Å². The predicted octanol–water partition coefficient (Wildman–Crippen LogP) is 7.60. The Morgan fingerprint density at radius 1 is 0.697 bits per heavy atom. The lowest BCUT2D eigenvalue weighted by Crippen LogP contribution is -2.41. The molecule has 0 bridgehead atoms. The summed E-state index contributed by atoms with van der Waals surface area (Å²) in [4.78, 5) is 5.51. The summed E-state index contributed by atoms with van der Waals surface area (Å²) < 4.78 is 0. The van der Waals surface area contributed by atoms with Crippen LogP contribution in [0.2, 0.25) is 0 Å². The van der Waals surface area contributed by atoms with Crippen molar-refractivity contribution in [3.05, 3.63) is 83.9 Å². The summed E-state index contributed by atoms with van der Waals surface area (Å²) >= 11 is 0. The molecular formula is C31H44N2. The highest BCUT2D eigenvalue weighted by Gasteiger charge is 2.25. The van der Waals surface area contributed by atoms with Crippen molar-refractivity contribution >= 4 is 0 Å². The fourth-order valence-electron chi connectivity index (χ4n) is 5.92. The van der Waals surface area contributed by atoms with Gasteiger partial charge in [0.1, 0.15) is 0 Å². The highest BCUT2D eigenvalue weighted by atomic mass is 15.2. The maximum Gasteiger partial charge on any atom is 0.0256 e. The van der Waals surface area contributed by atoms with E-state index in [-0.39, 0.29) is 0 Å². The molecule has 1 unspecified atom stereocenters. The van der Waals surface area contributed by atoms with Gasteiger partial charge in [0.25, 0.3) is 0 Å². The molecule has 2 fully saturated rings. The van der Waals surface area contributed by atoms with Crippen molar-refractivity contribution in [3.8, 4) is 0 Å². The Morgan fingerprint density at radius 2 is 1.21 bits per heavy atom. The molecule has 2 aromatic carbocycles. The van der Waals surface area contributed by atoms with E-state index < -0.39 is 0 Å². The molecule has 33 heavy (non-hydrogen) atoms. The second kappa shape index (κ2) is 13.1. The van der Waals surface area contributed by atoms with Crippen LogP contribution < -0.4 is 0 Å². The fraction of sp³-hybridized carbons (Fsp3) is 0.548. The van der Waals surface area contributed by atoms with Gasteiger partial charge in [-0.3, -0.25) is 9.80 Å². The highest BCUT2D eigenvalue weighted by Crippen LogP contribution is 2.27. The van der Waals surface area contributed by atoms with Crippen LogP contribution in [0.15, 0.2) is 72.8 Å². The lowest BCUT2D eigenvalue weighted by Gasteiger charge is -2.38. The Bertz CT molecular complexity index is 803. The van der Waals surface area contributed by atoms with Crippen LogP contribution >= 0.6 is 0 Å². The van der Waals surface area contributed by atoms with E-state index in [4.69, 9.17) is 0 Å². The number of rotatable bonds is 10. The van der Waals surface area contributed by atoms with E-state index in [1.165, 1.54) is 75.3 Å². The van der Waals surface area contributed by atoms with E-state index >= 15 is 0 Å². The smallest absolute Gasteiger partial charge is 0.0256 e. The largest absolute Gasteiger partial charge is 0.292 e. The number of hydrogen-bond donors (Lipinski definition) is 0. The first-order valence-electron chi connectivity index (χ1n) is 13.5. The highest BCUT2D eigenvalue weighted by molar-refractivity contribution is 5.16. The van der Waals surface area contributed by atoms with Gasteiger partial charge in [-0.05, 0) is 43.7 Å². The van der Waals surface area contributed by atoms with Crippen molar-refractivity contribution in [3.63, 3.8) is 0 Å². The SMILES string of the molecule is CC(C=CCN(Cc1ccccc1)C1CCCCC1)N(Cc1ccccc1)C1CCCCC1. The molecule has 0 spiro atoms. The zero-order valence-corrected chi connectivity index (χ0v) is 20.7. The van der Waals surface area contributed by atoms with Gasteiger partial charge < -0.3 is 0 Å². The van der Waals surface area contributed by atoms with Gasteiger partial charge in [-0.15, -0.1) is 0 Å². The summed E-state index contributed by atoms with van der Waals surface area (Å²) in [5.74, 6) is 0. The van der Waals surface area contributed by atoms with Gasteiger partial charge in [0.05, 0.1) is 0 Å². The Morgan fingerprint density at radius 3 is 1.79 bits per heavy atom. The Balaban J connectivity index is 1.42. The first-order valence-corrected chi connectivity index (χ1v) is 13.5. The quantitative estimate of drug-likeness (QED) is 0.348. The number of benzene rings is 2. The van der Waals surface area contributed by atoms with Crippen molar-refractivity contribution in [2.75, 3.05) is 6.54 Å². The molecule has 2 aliphatic carbocycles. The van der Waals surface area contributed by atoms with Crippen LogP contribution in [0.4, 0.5) is 0 Å². The number of hydrogen-bond acceptors (Lipinski definition) is 2. The molecule has 0 radical (unpaired) electrons. The molecule has 2 saturated carbocycles. The predicted molar refractivity (Wildman–Crippen MR) is 141 cm³/mol. The van der Waals surface area contributed by atoms with Gasteiger partial charge in [-0.2, -0.15) is 0 Å². The third-order valence-electron chi connectivity index (χ3n) is 7.85. The third kappa shape index (κ3) is 7.55. The van der Waals surface area contributed by atoms with Crippen LogP contribution in [0.1, 0.15) is 82.3 Å². The molecule has 178 valence electrons. The van der Waals surface area contributed by atoms with Gasteiger partial charge in [-0.25, -0.2) is 0 Å². The molecular weight excluding hydrogens is 400 g/mol. The third-order valence-corrected chi connectivity index (χ3v) is 7.85. The van der Waals surface area contributed by atoms with Gasteiger partial charge >= 0.3 is 0 Å². The van der Waals surface area contributed by atoms with Crippen molar-refractivity contribution in [1.82, 2.24) is 9.80 Å². The second-order valence-corrected chi connectivity index (χ2v) is 10.3. The lowest BCUT2D eigenvalue weighted by atomic mass is 9.92. The molecule has 2 nitrogen and oxygen atoms in total. The van der Waals surface area contributed by atoms with Gasteiger partial charge in [-0.1, -0.05) is 111 Å². The lowest BCUT2D eigenvalue weighted by molar-refractivity contribution is 0.124. The normalized spacial score (nSPS) is 19.5. The topological polar surface area (TPSA) is 6.48 Å². The summed E-state index contributed by atoms with van der Waals surface area (Å²) in [5, 5.41) is 0. The molecule has 0 aliphatic heterocycles. The molecule has 0 N–H and O–H groups in total. The average molecular weight is 445 g/mol. The van der Waals surface area contributed by atoms with Gasteiger partial charge in [0, 0.05) is 37.8 Å². The molecule has 0 amide bonds. The van der Waals surface area contributed by atoms with Crippen LogP contribution in [0.25, 0.3) is 0 Å². The van der Waals surface area contributed by atoms with Gasteiger partial charge in [0.15, 0.2) is 0 Å². The van der Waals surface area contributed by atoms with E-state index in [2.05, 4.69) is 89.5 Å². The van der Waals surface area contributed by atoms with E-state index in [9.17, 15) is 0 Å². The Hall–Kier alpha value is -1.90. The average Bonchev–Trinajstić information content (AvgIpc) is 2.89. The van der Waals surface area contributed by atoms with Crippen LogP contribution in [-0.2, 0) is 13.1 Å². The van der Waals surface area contributed by atoms with Gasteiger partial charge in [0.2, 0.25) is 0 Å². The minimum absolute atomic E-state index is 0.471. The Labute approximate surface area is 202 Å². The first kappa shape index (κ1) is 24.2. The van der Waals surface area contributed by atoms with Crippen molar-refractivity contribution in [2.24, 2.45) is 0 Å². The first-order chi connectivity index (χ1) is 16.3. The van der Waals surface area contributed by atoms with Crippen molar-refractivity contribution < 1.29 is 0 Å². The second-order valence-electron chi connectivity index (χ2n) is 10.3. The molecule has 0 heterocycles. The molecule has 2 heteroatoms. The monoisotopic (exact) mass is 444 g/mol. The zero-order chi connectivity index (χ0) is 22.7. The van der Waals surface area contributed by atoms with E-state index in [1.807, 2.05) is 0 Å². The standard InChI is InChI=1S/C31H44N2/c1-27(33(31-22-12-5-13-23-31)26-29-18-8-3-9-19-29)15-14-24-32(30-20-10-4-11-21-30)25-28-16-6-2-7-17-28/h2-3,6-9,14-19,27,30-31H,4-5,10-13,20-26H2,1H3. The van der Waals surface area contributed by atoms with Crippen molar-refractivity contribution in [2.45, 2.75) is 102 Å². The minimum atomic E-state index is 0.471. The van der Waals surface area contributed by atoms with Crippen LogP contribution in [-0.4, -0.2) is 34.5 Å². The van der Waals surface area contributed by atoms with Crippen molar-refractivity contribution in [1.29, 1.82) is 0 Å².